The van der Waals surface area contributed by atoms with Gasteiger partial charge >= 0.3 is 0 Å². The van der Waals surface area contributed by atoms with Crippen LogP contribution in [0.5, 0.6) is 11.5 Å². The van der Waals surface area contributed by atoms with Crippen LogP contribution in [-0.4, -0.2) is 90.1 Å². The van der Waals surface area contributed by atoms with Crippen molar-refractivity contribution in [1.82, 2.24) is 15.1 Å². The molecule has 3 amide bonds. The number of nitrogens with zero attached hydrogens (tertiary/aromatic N) is 4. The molecule has 0 bridgehead atoms. The first-order valence-corrected chi connectivity index (χ1v) is 20.9. The quantitative estimate of drug-likeness (QED) is 0.195. The topological polar surface area (TPSA) is 106 Å². The van der Waals surface area contributed by atoms with Crippen LogP contribution in [-0.2, 0) is 16.1 Å². The number of hydrogen-bond acceptors (Lipinski definition) is 8. The third-order valence-corrected chi connectivity index (χ3v) is 13.4. The fourth-order valence-electron chi connectivity index (χ4n) is 10.3. The molecular weight excluding hydrogens is 753 g/mol. The molecule has 12 heteroatoms. The number of piperazine rings is 1. The first kappa shape index (κ1) is 39.0. The minimum atomic E-state index is -0.744. The van der Waals surface area contributed by atoms with Gasteiger partial charge in [0, 0.05) is 93.5 Å². The Morgan fingerprint density at radius 3 is 2.31 bits per heavy atom. The van der Waals surface area contributed by atoms with Gasteiger partial charge in [0.15, 0.2) is 0 Å². The Morgan fingerprint density at radius 1 is 0.814 bits per heavy atom. The van der Waals surface area contributed by atoms with Gasteiger partial charge in [0.05, 0.1) is 5.69 Å². The molecule has 10 nitrogen and oxygen atoms in total. The summed E-state index contributed by atoms with van der Waals surface area (Å²) in [6.45, 7) is 12.2. The lowest BCUT2D eigenvalue weighted by Crippen LogP contribution is -2.52. The van der Waals surface area contributed by atoms with Crippen molar-refractivity contribution < 1.29 is 33.0 Å². The zero-order valence-electron chi connectivity index (χ0n) is 33.8. The molecule has 3 saturated heterocycles. The molecule has 0 aliphatic carbocycles. The van der Waals surface area contributed by atoms with Crippen molar-refractivity contribution in [3.63, 3.8) is 0 Å². The summed E-state index contributed by atoms with van der Waals surface area (Å²) < 4.78 is 37.2. The van der Waals surface area contributed by atoms with E-state index in [9.17, 15) is 23.9 Å². The van der Waals surface area contributed by atoms with Crippen molar-refractivity contribution in [2.75, 3.05) is 55.6 Å². The SMILES string of the molecule is Cc1cc([C@@H]2C(c3ccc(N4CCC(CN5CCN(c6ccc7c(c6)CN([C@H]6CCC(=O)NC6=O)C7=O)CC5)CC4)c(F)c3)c3ccc(O)cc3OC2(C)C)ccc1F. The molecule has 59 heavy (non-hydrogen) atoms. The second-order valence-corrected chi connectivity index (χ2v) is 17.6. The smallest absolute Gasteiger partial charge is 0.255 e. The number of imide groups is 1. The second kappa shape index (κ2) is 15.3. The summed E-state index contributed by atoms with van der Waals surface area (Å²) >= 11 is 0. The molecule has 5 aliphatic rings. The van der Waals surface area contributed by atoms with Crippen LogP contribution in [0.2, 0.25) is 0 Å². The molecule has 9 rings (SSSR count). The number of aryl methyl sites for hydroxylation is 1. The Kier molecular flexibility index (Phi) is 10.1. The molecule has 5 heterocycles. The first-order valence-electron chi connectivity index (χ1n) is 20.9. The van der Waals surface area contributed by atoms with E-state index in [1.165, 1.54) is 6.07 Å². The molecule has 2 N–H and O–H groups in total. The van der Waals surface area contributed by atoms with E-state index in [1.807, 2.05) is 50.2 Å². The van der Waals surface area contributed by atoms with Crippen molar-refractivity contribution in [3.8, 4) is 11.5 Å². The summed E-state index contributed by atoms with van der Waals surface area (Å²) in [5.74, 6) is -0.765. The number of phenols is 1. The monoisotopic (exact) mass is 803 g/mol. The molecule has 4 aromatic rings. The summed E-state index contributed by atoms with van der Waals surface area (Å²) in [5, 5.41) is 12.7. The minimum absolute atomic E-state index is 0.0963. The number of hydrogen-bond donors (Lipinski definition) is 2. The standard InChI is InChI=1S/C47H51F2N5O5/c1-28-22-31(4-10-37(28)48)44-43(36-9-7-34(55)25-41(36)59-47(44,2)3)30-5-11-39(38(49)24-30)53-16-14-29(15-17-53)26-51-18-20-52(21-19-51)33-6-8-35-32(23-33)27-54(46(35)58)40-12-13-42(56)50-45(40)57/h4-11,22-25,29,40,43-44,55H,12-21,26-27H2,1-3H3,(H,50,56,57)/t40-,43?,44+/m0/s1. The van der Waals surface area contributed by atoms with Crippen LogP contribution in [0, 0.1) is 24.5 Å². The van der Waals surface area contributed by atoms with Gasteiger partial charge in [-0.15, -0.1) is 0 Å². The van der Waals surface area contributed by atoms with Crippen LogP contribution < -0.4 is 19.9 Å². The van der Waals surface area contributed by atoms with E-state index in [4.69, 9.17) is 4.74 Å². The zero-order valence-corrected chi connectivity index (χ0v) is 33.8. The summed E-state index contributed by atoms with van der Waals surface area (Å²) in [7, 11) is 0. The molecule has 3 fully saturated rings. The van der Waals surface area contributed by atoms with Gasteiger partial charge in [0.25, 0.3) is 5.91 Å². The normalized spacial score (nSPS) is 23.5. The van der Waals surface area contributed by atoms with Crippen LogP contribution in [0.3, 0.4) is 0 Å². The van der Waals surface area contributed by atoms with Crippen LogP contribution in [0.4, 0.5) is 20.2 Å². The van der Waals surface area contributed by atoms with Crippen molar-refractivity contribution in [3.05, 3.63) is 118 Å². The largest absolute Gasteiger partial charge is 0.508 e. The molecular formula is C47H51F2N5O5. The third kappa shape index (κ3) is 7.40. The molecule has 5 aliphatic heterocycles. The Labute approximate surface area is 343 Å². The number of carbonyl (C=O) groups excluding carboxylic acids is 3. The zero-order chi connectivity index (χ0) is 41.2. The highest BCUT2D eigenvalue weighted by Crippen LogP contribution is 2.54. The van der Waals surface area contributed by atoms with Crippen molar-refractivity contribution >= 4 is 29.1 Å². The fourth-order valence-corrected chi connectivity index (χ4v) is 10.3. The number of amides is 3. The summed E-state index contributed by atoms with van der Waals surface area (Å²) in [6, 6.07) is 21.1. The van der Waals surface area contributed by atoms with E-state index in [0.29, 0.717) is 41.4 Å². The average molecular weight is 804 g/mol. The predicted molar refractivity (Wildman–Crippen MR) is 221 cm³/mol. The van der Waals surface area contributed by atoms with Gasteiger partial charge in [-0.2, -0.15) is 0 Å². The maximum absolute atomic E-state index is 16.3. The third-order valence-electron chi connectivity index (χ3n) is 13.4. The van der Waals surface area contributed by atoms with Crippen molar-refractivity contribution in [2.45, 2.75) is 76.5 Å². The van der Waals surface area contributed by atoms with E-state index in [1.54, 1.807) is 36.1 Å². The van der Waals surface area contributed by atoms with Gasteiger partial charge in [-0.1, -0.05) is 24.3 Å². The number of anilines is 2. The molecule has 0 aromatic heterocycles. The summed E-state index contributed by atoms with van der Waals surface area (Å²) in [4.78, 5) is 45.9. The van der Waals surface area contributed by atoms with Gasteiger partial charge in [0.2, 0.25) is 11.8 Å². The molecule has 3 atom stereocenters. The van der Waals surface area contributed by atoms with Crippen LogP contribution >= 0.6 is 0 Å². The molecule has 0 spiro atoms. The number of piperidine rings is 2. The fraction of sp³-hybridized carbons (Fsp3) is 0.426. The molecule has 4 aromatic carbocycles. The number of ether oxygens (including phenoxy) is 1. The molecule has 1 unspecified atom stereocenters. The van der Waals surface area contributed by atoms with E-state index in [2.05, 4.69) is 26.1 Å². The van der Waals surface area contributed by atoms with Crippen LogP contribution in [0.15, 0.2) is 72.8 Å². The lowest BCUT2D eigenvalue weighted by Gasteiger charge is -2.46. The predicted octanol–water partition coefficient (Wildman–Crippen LogP) is 6.87. The molecule has 308 valence electrons. The Balaban J connectivity index is 0.821. The van der Waals surface area contributed by atoms with E-state index in [-0.39, 0.29) is 47.5 Å². The van der Waals surface area contributed by atoms with E-state index < -0.39 is 17.6 Å². The number of nitrogens with one attached hydrogen (secondary N) is 1. The lowest BCUT2D eigenvalue weighted by molar-refractivity contribution is -0.136. The number of aromatic hydroxyl groups is 1. The van der Waals surface area contributed by atoms with Crippen LogP contribution in [0.1, 0.15) is 89.5 Å². The van der Waals surface area contributed by atoms with Gasteiger partial charge < -0.3 is 24.5 Å². The van der Waals surface area contributed by atoms with E-state index >= 15 is 4.39 Å². The molecule has 0 saturated carbocycles. The first-order chi connectivity index (χ1) is 28.3. The maximum Gasteiger partial charge on any atom is 0.255 e. The van der Waals surface area contributed by atoms with Gasteiger partial charge in [0.1, 0.15) is 34.8 Å². The highest BCUT2D eigenvalue weighted by molar-refractivity contribution is 6.05. The number of phenolic OH excluding ortho intramolecular Hbond substituents is 1. The Hall–Kier alpha value is -5.49. The number of halogens is 2. The number of benzene rings is 4. The van der Waals surface area contributed by atoms with Gasteiger partial charge in [-0.3, -0.25) is 24.6 Å². The maximum atomic E-state index is 16.3. The average Bonchev–Trinajstić information content (AvgIpc) is 3.53. The summed E-state index contributed by atoms with van der Waals surface area (Å²) in [5.41, 5.74) is 5.58. The molecule has 0 radical (unpaired) electrons. The number of rotatable bonds is 7. The lowest BCUT2D eigenvalue weighted by atomic mass is 9.67. The van der Waals surface area contributed by atoms with Crippen molar-refractivity contribution in [2.24, 2.45) is 5.92 Å². The second-order valence-electron chi connectivity index (χ2n) is 17.6. The van der Waals surface area contributed by atoms with Crippen molar-refractivity contribution in [1.29, 1.82) is 0 Å². The van der Waals surface area contributed by atoms with Crippen LogP contribution in [0.25, 0.3) is 0 Å². The minimum Gasteiger partial charge on any atom is -0.508 e. The highest BCUT2D eigenvalue weighted by atomic mass is 19.1. The van der Waals surface area contributed by atoms with Gasteiger partial charge in [-0.25, -0.2) is 8.78 Å². The number of carbonyl (C=O) groups is 3. The summed E-state index contributed by atoms with van der Waals surface area (Å²) in [6.07, 6.45) is 2.53. The number of fused-ring (bicyclic) bond motifs is 2. The van der Waals surface area contributed by atoms with Gasteiger partial charge in [-0.05, 0) is 111 Å². The highest BCUT2D eigenvalue weighted by Gasteiger charge is 2.46. The van der Waals surface area contributed by atoms with E-state index in [0.717, 1.165) is 86.6 Å². The Bertz CT molecular complexity index is 2320. The Morgan fingerprint density at radius 2 is 1.58 bits per heavy atom.